The monoisotopic (exact) mass is 256 g/mol. The number of imidazole rings is 1. The molecule has 5 heteroatoms. The van der Waals surface area contributed by atoms with Crippen LogP contribution in [0.25, 0.3) is 17.0 Å². The topological polar surface area (TPSA) is 56.2 Å². The first-order valence-electron chi connectivity index (χ1n) is 6.07. The van der Waals surface area contributed by atoms with E-state index in [1.807, 2.05) is 18.2 Å². The largest absolute Gasteiger partial charge is 0.330 e. The summed E-state index contributed by atoms with van der Waals surface area (Å²) in [5, 5.41) is 0. The van der Waals surface area contributed by atoms with E-state index >= 15 is 0 Å². The van der Waals surface area contributed by atoms with Gasteiger partial charge < -0.3 is 10.1 Å². The summed E-state index contributed by atoms with van der Waals surface area (Å²) in [7, 11) is 0. The molecule has 0 radical (unpaired) electrons. The maximum atomic E-state index is 13.4. The van der Waals surface area contributed by atoms with Gasteiger partial charge in [0.05, 0.1) is 11.4 Å². The fourth-order valence-corrected chi connectivity index (χ4v) is 2.15. The van der Waals surface area contributed by atoms with Crippen LogP contribution in [0.4, 0.5) is 4.39 Å². The molecule has 0 bridgehead atoms. The molecule has 3 heterocycles. The first-order valence-corrected chi connectivity index (χ1v) is 6.07. The number of fused-ring (bicyclic) bond motifs is 1. The van der Waals surface area contributed by atoms with E-state index in [2.05, 4.69) is 9.97 Å². The summed E-state index contributed by atoms with van der Waals surface area (Å²) in [6, 6.07) is 8.69. The van der Waals surface area contributed by atoms with Crippen molar-refractivity contribution in [3.63, 3.8) is 0 Å². The molecule has 0 unspecified atom stereocenters. The van der Waals surface area contributed by atoms with Gasteiger partial charge in [-0.05, 0) is 30.8 Å². The Bertz CT molecular complexity index is 706. The quantitative estimate of drug-likeness (QED) is 0.780. The molecule has 96 valence electrons. The molecule has 4 nitrogen and oxygen atoms in total. The van der Waals surface area contributed by atoms with E-state index in [1.54, 1.807) is 16.7 Å². The Morgan fingerprint density at radius 3 is 2.84 bits per heavy atom. The van der Waals surface area contributed by atoms with Crippen LogP contribution in [0.3, 0.4) is 0 Å². The zero-order valence-electron chi connectivity index (χ0n) is 10.3. The molecular weight excluding hydrogens is 243 g/mol. The molecule has 19 heavy (non-hydrogen) atoms. The predicted octanol–water partition coefficient (Wildman–Crippen LogP) is 2.04. The number of aromatic nitrogens is 3. The van der Waals surface area contributed by atoms with Gasteiger partial charge in [-0.25, -0.2) is 9.37 Å². The van der Waals surface area contributed by atoms with Crippen LogP contribution in [0.2, 0.25) is 0 Å². The summed E-state index contributed by atoms with van der Waals surface area (Å²) in [5.74, 6) is -0.296. The Morgan fingerprint density at radius 2 is 2.11 bits per heavy atom. The Balaban J connectivity index is 2.26. The molecule has 0 aliphatic carbocycles. The molecule has 0 aromatic carbocycles. The number of halogens is 1. The lowest BCUT2D eigenvalue weighted by molar-refractivity contribution is 0.617. The zero-order chi connectivity index (χ0) is 13.2. The smallest absolute Gasteiger partial charge is 0.139 e. The number of nitrogens with two attached hydrogens (primary N) is 1. The van der Waals surface area contributed by atoms with Crippen molar-refractivity contribution >= 4 is 5.65 Å². The SMILES string of the molecule is NCCc1c(-c2ccccn2)nc2ccc(F)cn12. The van der Waals surface area contributed by atoms with Crippen molar-refractivity contribution in [2.75, 3.05) is 6.54 Å². The maximum absolute atomic E-state index is 13.4. The van der Waals surface area contributed by atoms with Crippen LogP contribution in [-0.2, 0) is 6.42 Å². The molecule has 0 saturated heterocycles. The van der Waals surface area contributed by atoms with Gasteiger partial charge in [-0.3, -0.25) is 4.98 Å². The number of rotatable bonds is 3. The standard InChI is InChI=1S/C14H13FN4/c15-10-4-5-13-18-14(11-3-1-2-8-17-11)12(6-7-16)19(13)9-10/h1-5,8-9H,6-7,16H2. The normalized spacial score (nSPS) is 11.1. The Hall–Kier alpha value is -2.27. The fraction of sp³-hybridized carbons (Fsp3) is 0.143. The minimum atomic E-state index is -0.296. The Labute approximate surface area is 109 Å². The van der Waals surface area contributed by atoms with Crippen LogP contribution in [0, 0.1) is 5.82 Å². The molecule has 0 atom stereocenters. The van der Waals surface area contributed by atoms with Crippen LogP contribution in [0.5, 0.6) is 0 Å². The van der Waals surface area contributed by atoms with Crippen LogP contribution in [0.1, 0.15) is 5.69 Å². The second-order valence-corrected chi connectivity index (χ2v) is 4.24. The zero-order valence-corrected chi connectivity index (χ0v) is 10.3. The maximum Gasteiger partial charge on any atom is 0.139 e. The van der Waals surface area contributed by atoms with Gasteiger partial charge in [0.25, 0.3) is 0 Å². The predicted molar refractivity (Wildman–Crippen MR) is 71.1 cm³/mol. The Morgan fingerprint density at radius 1 is 1.21 bits per heavy atom. The van der Waals surface area contributed by atoms with Crippen molar-refractivity contribution in [1.82, 2.24) is 14.4 Å². The van der Waals surface area contributed by atoms with Gasteiger partial charge in [0.2, 0.25) is 0 Å². The molecule has 2 N–H and O–H groups in total. The van der Waals surface area contributed by atoms with Gasteiger partial charge in [0.15, 0.2) is 0 Å². The molecular formula is C14H13FN4. The highest BCUT2D eigenvalue weighted by Gasteiger charge is 2.14. The van der Waals surface area contributed by atoms with Crippen molar-refractivity contribution in [1.29, 1.82) is 0 Å². The van der Waals surface area contributed by atoms with E-state index in [0.29, 0.717) is 18.6 Å². The highest BCUT2D eigenvalue weighted by molar-refractivity contribution is 5.63. The first kappa shape index (κ1) is 11.8. The van der Waals surface area contributed by atoms with E-state index < -0.39 is 0 Å². The van der Waals surface area contributed by atoms with E-state index in [9.17, 15) is 4.39 Å². The molecule has 3 aromatic rings. The third-order valence-corrected chi connectivity index (χ3v) is 2.97. The van der Waals surface area contributed by atoms with Crippen LogP contribution < -0.4 is 5.73 Å². The molecule has 3 rings (SSSR count). The van der Waals surface area contributed by atoms with Gasteiger partial charge in [-0.2, -0.15) is 0 Å². The van der Waals surface area contributed by atoms with Gasteiger partial charge in [-0.15, -0.1) is 0 Å². The summed E-state index contributed by atoms with van der Waals surface area (Å²) >= 11 is 0. The molecule has 0 spiro atoms. The molecule has 0 amide bonds. The molecule has 3 aromatic heterocycles. The average Bonchev–Trinajstić information content (AvgIpc) is 2.79. The number of hydrogen-bond acceptors (Lipinski definition) is 3. The van der Waals surface area contributed by atoms with E-state index in [-0.39, 0.29) is 5.82 Å². The second-order valence-electron chi connectivity index (χ2n) is 4.24. The number of hydrogen-bond donors (Lipinski definition) is 1. The summed E-state index contributed by atoms with van der Waals surface area (Å²) < 4.78 is 15.1. The molecule has 0 aliphatic rings. The minimum absolute atomic E-state index is 0.296. The van der Waals surface area contributed by atoms with Crippen molar-refractivity contribution in [2.24, 2.45) is 5.73 Å². The molecule has 0 saturated carbocycles. The lowest BCUT2D eigenvalue weighted by Crippen LogP contribution is -2.06. The lowest BCUT2D eigenvalue weighted by atomic mass is 10.2. The van der Waals surface area contributed by atoms with Crippen LogP contribution in [-0.4, -0.2) is 20.9 Å². The third-order valence-electron chi connectivity index (χ3n) is 2.97. The molecule has 0 aliphatic heterocycles. The second kappa shape index (κ2) is 4.78. The van der Waals surface area contributed by atoms with E-state index in [1.165, 1.54) is 12.3 Å². The average molecular weight is 256 g/mol. The van der Waals surface area contributed by atoms with Gasteiger partial charge in [0.1, 0.15) is 17.2 Å². The highest BCUT2D eigenvalue weighted by Crippen LogP contribution is 2.23. The van der Waals surface area contributed by atoms with Crippen molar-refractivity contribution in [2.45, 2.75) is 6.42 Å². The van der Waals surface area contributed by atoms with Gasteiger partial charge in [0, 0.05) is 18.8 Å². The van der Waals surface area contributed by atoms with E-state index in [0.717, 1.165) is 17.1 Å². The first-order chi connectivity index (χ1) is 9.29. The summed E-state index contributed by atoms with van der Waals surface area (Å²) in [4.78, 5) is 8.82. The molecule has 0 fully saturated rings. The van der Waals surface area contributed by atoms with Crippen LogP contribution in [0.15, 0.2) is 42.7 Å². The lowest BCUT2D eigenvalue weighted by Gasteiger charge is -2.03. The van der Waals surface area contributed by atoms with Crippen molar-refractivity contribution in [3.8, 4) is 11.4 Å². The van der Waals surface area contributed by atoms with E-state index in [4.69, 9.17) is 5.73 Å². The van der Waals surface area contributed by atoms with Gasteiger partial charge in [-0.1, -0.05) is 6.07 Å². The fourth-order valence-electron chi connectivity index (χ4n) is 2.15. The Kier molecular flexibility index (Phi) is 2.97. The van der Waals surface area contributed by atoms with Gasteiger partial charge >= 0.3 is 0 Å². The van der Waals surface area contributed by atoms with Crippen molar-refractivity contribution < 1.29 is 4.39 Å². The summed E-state index contributed by atoms with van der Waals surface area (Å²) in [5.41, 5.74) is 8.76. The summed E-state index contributed by atoms with van der Waals surface area (Å²) in [6.45, 7) is 0.476. The minimum Gasteiger partial charge on any atom is -0.330 e. The highest BCUT2D eigenvalue weighted by atomic mass is 19.1. The van der Waals surface area contributed by atoms with Crippen molar-refractivity contribution in [3.05, 3.63) is 54.2 Å². The third kappa shape index (κ3) is 2.08. The number of pyridine rings is 2. The van der Waals surface area contributed by atoms with Crippen LogP contribution >= 0.6 is 0 Å². The summed E-state index contributed by atoms with van der Waals surface area (Å²) in [6.07, 6.45) is 3.77. The number of nitrogens with zero attached hydrogens (tertiary/aromatic N) is 3.